The Morgan fingerprint density at radius 3 is 3.00 bits per heavy atom. The van der Waals surface area contributed by atoms with Crippen molar-refractivity contribution < 1.29 is 4.74 Å². The second-order valence-corrected chi connectivity index (χ2v) is 7.63. The SMILES string of the molecule is COc1cccc2c1CCCC2CCNCCc1ccc2[nH]ccc(=O)c2c1. The molecule has 28 heavy (non-hydrogen) atoms. The molecule has 0 amide bonds. The lowest BCUT2D eigenvalue weighted by Crippen LogP contribution is -2.22. The molecule has 1 atom stereocenters. The molecule has 146 valence electrons. The molecule has 2 N–H and O–H groups in total. The van der Waals surface area contributed by atoms with Crippen LogP contribution in [-0.2, 0) is 12.8 Å². The van der Waals surface area contributed by atoms with Crippen LogP contribution in [0.1, 0.15) is 41.9 Å². The van der Waals surface area contributed by atoms with Crippen molar-refractivity contribution in [2.45, 2.75) is 38.0 Å². The van der Waals surface area contributed by atoms with Gasteiger partial charge in [0.15, 0.2) is 5.43 Å². The fourth-order valence-corrected chi connectivity index (χ4v) is 4.41. The third kappa shape index (κ3) is 3.97. The standard InChI is InChI=1S/C24H28N2O2/c1-28-24-7-3-5-19-18(4-2-6-20(19)24)11-14-25-13-10-17-8-9-22-21(16-17)23(27)12-15-26-22/h3,5,7-9,12,15-16,18,25H,2,4,6,10-11,13-14H2,1H3,(H,26,27). The largest absolute Gasteiger partial charge is 0.496 e. The van der Waals surface area contributed by atoms with Gasteiger partial charge in [-0.05, 0) is 86.0 Å². The molecular weight excluding hydrogens is 348 g/mol. The minimum atomic E-state index is 0.0787. The van der Waals surface area contributed by atoms with E-state index in [0.29, 0.717) is 5.92 Å². The van der Waals surface area contributed by atoms with E-state index >= 15 is 0 Å². The van der Waals surface area contributed by atoms with Gasteiger partial charge in [0.1, 0.15) is 5.75 Å². The average molecular weight is 376 g/mol. The molecule has 1 aromatic heterocycles. The monoisotopic (exact) mass is 376 g/mol. The number of ether oxygens (including phenoxy) is 1. The quantitative estimate of drug-likeness (QED) is 0.608. The molecule has 0 fully saturated rings. The number of H-pyrrole nitrogens is 1. The molecule has 1 aliphatic rings. The van der Waals surface area contributed by atoms with Gasteiger partial charge in [-0.25, -0.2) is 0 Å². The van der Waals surface area contributed by atoms with Gasteiger partial charge in [0.25, 0.3) is 0 Å². The molecule has 0 bridgehead atoms. The first-order chi connectivity index (χ1) is 13.8. The Hall–Kier alpha value is -2.59. The summed E-state index contributed by atoms with van der Waals surface area (Å²) in [6.45, 7) is 1.93. The third-order valence-electron chi connectivity index (χ3n) is 5.89. The molecule has 4 nitrogen and oxygen atoms in total. The zero-order chi connectivity index (χ0) is 19.3. The van der Waals surface area contributed by atoms with Crippen LogP contribution in [0.5, 0.6) is 5.75 Å². The summed E-state index contributed by atoms with van der Waals surface area (Å²) in [5, 5.41) is 4.36. The van der Waals surface area contributed by atoms with Crippen LogP contribution in [0, 0.1) is 0 Å². The van der Waals surface area contributed by atoms with Crippen LogP contribution in [0.4, 0.5) is 0 Å². The zero-order valence-corrected chi connectivity index (χ0v) is 16.5. The third-order valence-corrected chi connectivity index (χ3v) is 5.89. The molecule has 1 heterocycles. The summed E-state index contributed by atoms with van der Waals surface area (Å²) in [6, 6.07) is 14.2. The normalized spacial score (nSPS) is 16.1. The van der Waals surface area contributed by atoms with Crippen LogP contribution in [-0.4, -0.2) is 25.2 Å². The number of aromatic nitrogens is 1. The zero-order valence-electron chi connectivity index (χ0n) is 16.5. The fraction of sp³-hybridized carbons (Fsp3) is 0.375. The van der Waals surface area contributed by atoms with Gasteiger partial charge in [-0.2, -0.15) is 0 Å². The summed E-state index contributed by atoms with van der Waals surface area (Å²) in [5.41, 5.74) is 5.05. The topological polar surface area (TPSA) is 54.1 Å². The molecule has 0 aliphatic heterocycles. The molecule has 4 rings (SSSR count). The maximum Gasteiger partial charge on any atom is 0.189 e. The number of hydrogen-bond donors (Lipinski definition) is 2. The van der Waals surface area contributed by atoms with Crippen LogP contribution in [0.15, 0.2) is 53.5 Å². The molecule has 0 saturated heterocycles. The maximum atomic E-state index is 12.0. The predicted octanol–water partition coefficient (Wildman–Crippen LogP) is 4.18. The molecule has 1 aliphatic carbocycles. The van der Waals surface area contributed by atoms with Crippen molar-refractivity contribution >= 4 is 10.9 Å². The van der Waals surface area contributed by atoms with Gasteiger partial charge in [0.05, 0.1) is 7.11 Å². The molecule has 0 spiro atoms. The highest BCUT2D eigenvalue weighted by molar-refractivity contribution is 5.78. The van der Waals surface area contributed by atoms with Gasteiger partial charge in [0.2, 0.25) is 0 Å². The molecule has 1 unspecified atom stereocenters. The number of fused-ring (bicyclic) bond motifs is 2. The smallest absolute Gasteiger partial charge is 0.189 e. The highest BCUT2D eigenvalue weighted by Gasteiger charge is 2.22. The van der Waals surface area contributed by atoms with Crippen molar-refractivity contribution in [2.75, 3.05) is 20.2 Å². The Morgan fingerprint density at radius 1 is 1.18 bits per heavy atom. The van der Waals surface area contributed by atoms with Crippen LogP contribution < -0.4 is 15.5 Å². The summed E-state index contributed by atoms with van der Waals surface area (Å²) in [6.07, 6.45) is 7.41. The van der Waals surface area contributed by atoms with Gasteiger partial charge in [-0.3, -0.25) is 4.79 Å². The summed E-state index contributed by atoms with van der Waals surface area (Å²) < 4.78 is 5.55. The van der Waals surface area contributed by atoms with Gasteiger partial charge >= 0.3 is 0 Å². The molecule has 3 aromatic rings. The number of methoxy groups -OCH3 is 1. The van der Waals surface area contributed by atoms with E-state index < -0.39 is 0 Å². The highest BCUT2D eigenvalue weighted by Crippen LogP contribution is 2.38. The summed E-state index contributed by atoms with van der Waals surface area (Å²) in [7, 11) is 1.77. The van der Waals surface area contributed by atoms with E-state index in [0.717, 1.165) is 49.0 Å². The van der Waals surface area contributed by atoms with E-state index in [1.165, 1.54) is 29.5 Å². The Morgan fingerprint density at radius 2 is 2.11 bits per heavy atom. The van der Waals surface area contributed by atoms with Gasteiger partial charge in [-0.1, -0.05) is 18.2 Å². The van der Waals surface area contributed by atoms with Crippen LogP contribution in [0.2, 0.25) is 0 Å². The molecule has 2 aromatic carbocycles. The molecule has 4 heteroatoms. The van der Waals surface area contributed by atoms with Gasteiger partial charge in [0, 0.05) is 23.2 Å². The van der Waals surface area contributed by atoms with E-state index in [2.05, 4.69) is 34.6 Å². The lowest BCUT2D eigenvalue weighted by atomic mass is 9.80. The van der Waals surface area contributed by atoms with Gasteiger partial charge < -0.3 is 15.0 Å². The van der Waals surface area contributed by atoms with Gasteiger partial charge in [-0.15, -0.1) is 0 Å². The van der Waals surface area contributed by atoms with Crippen molar-refractivity contribution in [3.8, 4) is 5.75 Å². The fourth-order valence-electron chi connectivity index (χ4n) is 4.41. The Balaban J connectivity index is 1.30. The number of benzene rings is 2. The molecule has 0 radical (unpaired) electrons. The van der Waals surface area contributed by atoms with Crippen molar-refractivity contribution in [3.63, 3.8) is 0 Å². The second kappa shape index (κ2) is 8.61. The van der Waals surface area contributed by atoms with E-state index in [-0.39, 0.29) is 5.43 Å². The number of hydrogen-bond acceptors (Lipinski definition) is 3. The first kappa shape index (κ1) is 18.8. The number of nitrogens with one attached hydrogen (secondary N) is 2. The summed E-state index contributed by atoms with van der Waals surface area (Å²) in [4.78, 5) is 15.1. The predicted molar refractivity (Wildman–Crippen MR) is 114 cm³/mol. The second-order valence-electron chi connectivity index (χ2n) is 7.63. The minimum absolute atomic E-state index is 0.0787. The highest BCUT2D eigenvalue weighted by atomic mass is 16.5. The lowest BCUT2D eigenvalue weighted by molar-refractivity contribution is 0.401. The van der Waals surface area contributed by atoms with E-state index in [1.807, 2.05) is 12.1 Å². The number of pyridine rings is 1. The summed E-state index contributed by atoms with van der Waals surface area (Å²) >= 11 is 0. The van der Waals surface area contributed by atoms with Crippen LogP contribution in [0.25, 0.3) is 10.9 Å². The average Bonchev–Trinajstić information content (AvgIpc) is 2.73. The molecular formula is C24H28N2O2. The Labute approximate surface area is 165 Å². The number of aromatic amines is 1. The first-order valence-electron chi connectivity index (χ1n) is 10.2. The van der Waals surface area contributed by atoms with E-state index in [9.17, 15) is 4.79 Å². The van der Waals surface area contributed by atoms with E-state index in [1.54, 1.807) is 19.4 Å². The van der Waals surface area contributed by atoms with Crippen molar-refractivity contribution in [2.24, 2.45) is 0 Å². The molecule has 0 saturated carbocycles. The maximum absolute atomic E-state index is 12.0. The van der Waals surface area contributed by atoms with Crippen LogP contribution >= 0.6 is 0 Å². The minimum Gasteiger partial charge on any atom is -0.496 e. The van der Waals surface area contributed by atoms with E-state index in [4.69, 9.17) is 4.74 Å². The van der Waals surface area contributed by atoms with Crippen LogP contribution in [0.3, 0.4) is 0 Å². The van der Waals surface area contributed by atoms with Crippen molar-refractivity contribution in [3.05, 3.63) is 75.6 Å². The lowest BCUT2D eigenvalue weighted by Gasteiger charge is -2.27. The summed E-state index contributed by atoms with van der Waals surface area (Å²) in [5.74, 6) is 1.66. The van der Waals surface area contributed by atoms with Crippen molar-refractivity contribution in [1.29, 1.82) is 0 Å². The number of rotatable bonds is 7. The first-order valence-corrected chi connectivity index (χ1v) is 10.2. The Bertz CT molecular complexity index is 1010. The van der Waals surface area contributed by atoms with Crippen molar-refractivity contribution in [1.82, 2.24) is 10.3 Å². The Kier molecular flexibility index (Phi) is 5.77.